The Hall–Kier alpha value is -2.95. The highest BCUT2D eigenvalue weighted by Crippen LogP contribution is 2.22. The second-order valence-corrected chi connectivity index (χ2v) is 4.43. The number of ether oxygens (including phenoxy) is 1. The number of benzene rings is 2. The third-order valence-corrected chi connectivity index (χ3v) is 3.14. The van der Waals surface area contributed by atoms with Crippen molar-refractivity contribution in [3.63, 3.8) is 0 Å². The van der Waals surface area contributed by atoms with Crippen molar-refractivity contribution in [2.75, 3.05) is 12.4 Å². The predicted octanol–water partition coefficient (Wildman–Crippen LogP) is 2.47. The van der Waals surface area contributed by atoms with E-state index in [1.54, 1.807) is 13.3 Å². The number of anilines is 1. The summed E-state index contributed by atoms with van der Waals surface area (Å²) in [5.41, 5.74) is 2.64. The molecule has 0 saturated carbocycles. The van der Waals surface area contributed by atoms with Crippen LogP contribution in [0.4, 0.5) is 5.69 Å². The van der Waals surface area contributed by atoms with Crippen LogP contribution in [0.3, 0.4) is 0 Å². The fourth-order valence-corrected chi connectivity index (χ4v) is 2.12. The van der Waals surface area contributed by atoms with Gasteiger partial charge in [0.2, 0.25) is 0 Å². The molecule has 0 atom stereocenters. The van der Waals surface area contributed by atoms with Gasteiger partial charge in [0.25, 0.3) is 5.91 Å². The van der Waals surface area contributed by atoms with E-state index in [-0.39, 0.29) is 5.91 Å². The summed E-state index contributed by atoms with van der Waals surface area (Å²) in [6.07, 6.45) is 1.57. The number of carbonyl (C=O) groups is 1. The number of fused-ring (bicyclic) bond motifs is 1. The smallest absolute Gasteiger partial charge is 0.276 e. The van der Waals surface area contributed by atoms with Crippen LogP contribution in [0.25, 0.3) is 0 Å². The van der Waals surface area contributed by atoms with Crippen LogP contribution in [0, 0.1) is 0 Å². The average Bonchev–Trinajstić information content (AvgIpc) is 2.84. The topological polar surface area (TPSA) is 63.1 Å². The minimum Gasteiger partial charge on any atom is -0.496 e. The fourth-order valence-electron chi connectivity index (χ4n) is 2.12. The first-order chi connectivity index (χ1) is 10.3. The standard InChI is InChI=1S/C16H13N3O2/c1-21-14-9-5-2-6-11(14)10-17-19-15-12-7-3-4-8-13(12)18-16(15)20/h2-10H,1H3,(H,18,19,20). The zero-order valence-electron chi connectivity index (χ0n) is 11.4. The van der Waals surface area contributed by atoms with Crippen molar-refractivity contribution in [3.8, 4) is 5.75 Å². The molecule has 0 fully saturated rings. The fraction of sp³-hybridized carbons (Fsp3) is 0.0625. The third kappa shape index (κ3) is 2.53. The normalized spacial score (nSPS) is 15.3. The van der Waals surface area contributed by atoms with Crippen LogP contribution in [-0.4, -0.2) is 24.9 Å². The Bertz CT molecular complexity index is 751. The van der Waals surface area contributed by atoms with Gasteiger partial charge < -0.3 is 10.1 Å². The number of hydrogen-bond acceptors (Lipinski definition) is 4. The molecule has 0 bridgehead atoms. The number of amides is 1. The molecule has 21 heavy (non-hydrogen) atoms. The van der Waals surface area contributed by atoms with Crippen LogP contribution in [0.15, 0.2) is 58.7 Å². The zero-order valence-corrected chi connectivity index (χ0v) is 11.4. The maximum atomic E-state index is 11.9. The summed E-state index contributed by atoms with van der Waals surface area (Å²) < 4.78 is 5.23. The molecule has 5 heteroatoms. The number of methoxy groups -OCH3 is 1. The highest BCUT2D eigenvalue weighted by molar-refractivity contribution is 6.53. The molecule has 3 rings (SSSR count). The van der Waals surface area contributed by atoms with Crippen LogP contribution in [0.1, 0.15) is 11.1 Å². The highest BCUT2D eigenvalue weighted by atomic mass is 16.5. The lowest BCUT2D eigenvalue weighted by Gasteiger charge is -2.01. The van der Waals surface area contributed by atoms with E-state index in [9.17, 15) is 4.79 Å². The molecule has 104 valence electrons. The van der Waals surface area contributed by atoms with E-state index < -0.39 is 0 Å². The molecule has 1 heterocycles. The van der Waals surface area contributed by atoms with Gasteiger partial charge in [0.15, 0.2) is 5.71 Å². The first-order valence-electron chi connectivity index (χ1n) is 6.44. The number of para-hydroxylation sites is 2. The molecule has 0 aromatic heterocycles. The van der Waals surface area contributed by atoms with Gasteiger partial charge in [-0.2, -0.15) is 5.10 Å². The molecule has 0 unspecified atom stereocenters. The second-order valence-electron chi connectivity index (χ2n) is 4.43. The first kappa shape index (κ1) is 13.1. The first-order valence-corrected chi connectivity index (χ1v) is 6.44. The molecular formula is C16H13N3O2. The Labute approximate surface area is 122 Å². The number of carbonyl (C=O) groups excluding carboxylic acids is 1. The van der Waals surface area contributed by atoms with E-state index in [4.69, 9.17) is 4.74 Å². The lowest BCUT2D eigenvalue weighted by Crippen LogP contribution is -2.13. The van der Waals surface area contributed by atoms with Crippen molar-refractivity contribution in [3.05, 3.63) is 59.7 Å². The predicted molar refractivity (Wildman–Crippen MR) is 82.2 cm³/mol. The van der Waals surface area contributed by atoms with Crippen LogP contribution >= 0.6 is 0 Å². The zero-order chi connectivity index (χ0) is 14.7. The maximum Gasteiger partial charge on any atom is 0.276 e. The molecule has 0 saturated heterocycles. The summed E-state index contributed by atoms with van der Waals surface area (Å²) in [6.45, 7) is 0. The van der Waals surface area contributed by atoms with Gasteiger partial charge in [-0.15, -0.1) is 5.10 Å². The number of nitrogens with zero attached hydrogens (tertiary/aromatic N) is 2. The molecule has 1 aliphatic rings. The molecule has 1 amide bonds. The quantitative estimate of drug-likeness (QED) is 0.693. The molecule has 2 aromatic rings. The molecule has 5 nitrogen and oxygen atoms in total. The van der Waals surface area contributed by atoms with E-state index in [2.05, 4.69) is 15.5 Å². The minimum atomic E-state index is -0.242. The highest BCUT2D eigenvalue weighted by Gasteiger charge is 2.25. The van der Waals surface area contributed by atoms with Gasteiger partial charge in [-0.05, 0) is 18.2 Å². The maximum absolute atomic E-state index is 11.9. The van der Waals surface area contributed by atoms with E-state index in [0.717, 1.165) is 16.8 Å². The molecule has 0 aliphatic carbocycles. The summed E-state index contributed by atoms with van der Waals surface area (Å²) in [5.74, 6) is 0.464. The molecular weight excluding hydrogens is 266 g/mol. The molecule has 1 aliphatic heterocycles. The van der Waals surface area contributed by atoms with Gasteiger partial charge in [0.1, 0.15) is 5.75 Å². The number of nitrogens with one attached hydrogen (secondary N) is 1. The number of hydrogen-bond donors (Lipinski definition) is 1. The largest absolute Gasteiger partial charge is 0.496 e. The van der Waals surface area contributed by atoms with Crippen molar-refractivity contribution in [1.82, 2.24) is 0 Å². The second kappa shape index (κ2) is 5.58. The van der Waals surface area contributed by atoms with Crippen LogP contribution in [0.2, 0.25) is 0 Å². The van der Waals surface area contributed by atoms with E-state index in [0.29, 0.717) is 11.5 Å². The summed E-state index contributed by atoms with van der Waals surface area (Å²) in [7, 11) is 1.60. The van der Waals surface area contributed by atoms with Crippen molar-refractivity contribution in [1.29, 1.82) is 0 Å². The van der Waals surface area contributed by atoms with Crippen LogP contribution < -0.4 is 10.1 Å². The SMILES string of the molecule is COc1ccccc1C=NN=C1C(=O)Nc2ccccc21. The van der Waals surface area contributed by atoms with Crippen molar-refractivity contribution in [2.45, 2.75) is 0 Å². The lowest BCUT2D eigenvalue weighted by molar-refractivity contribution is -0.110. The monoisotopic (exact) mass is 279 g/mol. The van der Waals surface area contributed by atoms with E-state index in [1.807, 2.05) is 48.5 Å². The number of rotatable bonds is 3. The Morgan fingerprint density at radius 1 is 1.10 bits per heavy atom. The summed E-state index contributed by atoms with van der Waals surface area (Å²) in [5, 5.41) is 10.8. The van der Waals surface area contributed by atoms with E-state index in [1.165, 1.54) is 0 Å². The summed E-state index contributed by atoms with van der Waals surface area (Å²) in [6, 6.07) is 14.9. The van der Waals surface area contributed by atoms with Crippen molar-refractivity contribution >= 4 is 23.5 Å². The molecule has 0 radical (unpaired) electrons. The Balaban J connectivity index is 1.90. The van der Waals surface area contributed by atoms with Gasteiger partial charge in [0, 0.05) is 11.1 Å². The average molecular weight is 279 g/mol. The summed E-state index contributed by atoms with van der Waals surface area (Å²) >= 11 is 0. The third-order valence-electron chi connectivity index (χ3n) is 3.14. The van der Waals surface area contributed by atoms with Crippen molar-refractivity contribution < 1.29 is 9.53 Å². The van der Waals surface area contributed by atoms with Crippen molar-refractivity contribution in [2.24, 2.45) is 10.2 Å². The van der Waals surface area contributed by atoms with Gasteiger partial charge in [-0.25, -0.2) is 0 Å². The Morgan fingerprint density at radius 3 is 2.71 bits per heavy atom. The van der Waals surface area contributed by atoms with Gasteiger partial charge in [0.05, 0.1) is 19.0 Å². The molecule has 1 N–H and O–H groups in total. The molecule has 0 spiro atoms. The van der Waals surface area contributed by atoms with Crippen LogP contribution in [-0.2, 0) is 4.79 Å². The molecule has 2 aromatic carbocycles. The van der Waals surface area contributed by atoms with Gasteiger partial charge >= 0.3 is 0 Å². The lowest BCUT2D eigenvalue weighted by atomic mass is 10.1. The van der Waals surface area contributed by atoms with E-state index >= 15 is 0 Å². The van der Waals surface area contributed by atoms with Gasteiger partial charge in [-0.3, -0.25) is 4.79 Å². The van der Waals surface area contributed by atoms with Gasteiger partial charge in [-0.1, -0.05) is 30.3 Å². The van der Waals surface area contributed by atoms with Crippen LogP contribution in [0.5, 0.6) is 5.75 Å². The minimum absolute atomic E-state index is 0.242. The Kier molecular flexibility index (Phi) is 3.47. The Morgan fingerprint density at radius 2 is 1.86 bits per heavy atom. The summed E-state index contributed by atoms with van der Waals surface area (Å²) in [4.78, 5) is 11.9.